The Morgan fingerprint density at radius 3 is 2.84 bits per heavy atom. The van der Waals surface area contributed by atoms with Crippen molar-refractivity contribution >= 4 is 40.6 Å². The third-order valence-electron chi connectivity index (χ3n) is 4.07. The lowest BCUT2D eigenvalue weighted by Gasteiger charge is -2.27. The van der Waals surface area contributed by atoms with Crippen LogP contribution in [0.3, 0.4) is 0 Å². The van der Waals surface area contributed by atoms with Crippen molar-refractivity contribution in [2.75, 3.05) is 31.6 Å². The summed E-state index contributed by atoms with van der Waals surface area (Å²) in [6.07, 6.45) is 1.88. The second-order valence-corrected chi connectivity index (χ2v) is 7.38. The van der Waals surface area contributed by atoms with Crippen molar-refractivity contribution in [3.63, 3.8) is 0 Å². The number of anilines is 1. The molecule has 0 saturated carbocycles. The molecule has 132 valence electrons. The van der Waals surface area contributed by atoms with Crippen LogP contribution in [-0.4, -0.2) is 37.1 Å². The predicted octanol–water partition coefficient (Wildman–Crippen LogP) is 4.28. The molecule has 4 nitrogen and oxygen atoms in total. The minimum atomic E-state index is -0.120. The normalized spacial score (nSPS) is 16.0. The van der Waals surface area contributed by atoms with E-state index >= 15 is 0 Å². The smallest absolute Gasteiger partial charge is 0.251 e. The molecule has 3 rings (SSSR count). The number of rotatable bonds is 5. The van der Waals surface area contributed by atoms with Crippen molar-refractivity contribution in [2.45, 2.75) is 13.5 Å². The zero-order valence-corrected chi connectivity index (χ0v) is 15.7. The number of thiophene rings is 1. The van der Waals surface area contributed by atoms with E-state index in [-0.39, 0.29) is 5.91 Å². The lowest BCUT2D eigenvalue weighted by atomic mass is 10.1. The second-order valence-electron chi connectivity index (χ2n) is 5.99. The summed E-state index contributed by atoms with van der Waals surface area (Å²) >= 11 is 8.01. The van der Waals surface area contributed by atoms with Crippen LogP contribution in [0.4, 0.5) is 5.69 Å². The summed E-state index contributed by atoms with van der Waals surface area (Å²) in [5, 5.41) is 5.57. The second kappa shape index (κ2) is 8.63. The van der Waals surface area contributed by atoms with E-state index in [9.17, 15) is 4.79 Å². The first kappa shape index (κ1) is 18.1. The van der Waals surface area contributed by atoms with Crippen LogP contribution >= 0.6 is 22.9 Å². The average molecular weight is 377 g/mol. The van der Waals surface area contributed by atoms with Crippen molar-refractivity contribution in [3.8, 4) is 0 Å². The zero-order chi connectivity index (χ0) is 17.6. The topological polar surface area (TPSA) is 41.6 Å². The Balaban J connectivity index is 1.63. The lowest BCUT2D eigenvalue weighted by Crippen LogP contribution is -2.35. The molecular formula is C19H21ClN2O2S. The minimum Gasteiger partial charge on any atom is -0.379 e. The van der Waals surface area contributed by atoms with Gasteiger partial charge in [-0.25, -0.2) is 0 Å². The van der Waals surface area contributed by atoms with Crippen molar-refractivity contribution < 1.29 is 9.53 Å². The summed E-state index contributed by atoms with van der Waals surface area (Å²) in [7, 11) is 0. The fourth-order valence-electron chi connectivity index (χ4n) is 2.64. The largest absolute Gasteiger partial charge is 0.379 e. The van der Waals surface area contributed by atoms with Crippen LogP contribution in [-0.2, 0) is 16.1 Å². The van der Waals surface area contributed by atoms with Gasteiger partial charge < -0.3 is 10.1 Å². The zero-order valence-electron chi connectivity index (χ0n) is 14.1. The molecule has 1 saturated heterocycles. The SMILES string of the molecule is C/C(=C\c1cccs1)C(=O)Nc1ccc(CN2CCOCC2)c(Cl)c1. The van der Waals surface area contributed by atoms with Gasteiger partial charge in [0.25, 0.3) is 5.91 Å². The molecule has 1 aliphatic heterocycles. The Labute approximate surface area is 157 Å². The Morgan fingerprint density at radius 2 is 2.16 bits per heavy atom. The molecule has 0 bridgehead atoms. The number of nitrogens with one attached hydrogen (secondary N) is 1. The summed E-state index contributed by atoms with van der Waals surface area (Å²) in [5.74, 6) is -0.120. The molecule has 0 unspecified atom stereocenters. The maximum absolute atomic E-state index is 12.3. The van der Waals surface area contributed by atoms with Gasteiger partial charge in [0, 0.05) is 40.8 Å². The van der Waals surface area contributed by atoms with Gasteiger partial charge in [0.05, 0.1) is 13.2 Å². The van der Waals surface area contributed by atoms with E-state index in [1.54, 1.807) is 11.3 Å². The quantitative estimate of drug-likeness (QED) is 0.792. The molecule has 0 aliphatic carbocycles. The van der Waals surface area contributed by atoms with Crippen LogP contribution in [0.5, 0.6) is 0 Å². The van der Waals surface area contributed by atoms with Crippen LogP contribution in [0.15, 0.2) is 41.3 Å². The molecule has 1 fully saturated rings. The highest BCUT2D eigenvalue weighted by Crippen LogP contribution is 2.23. The molecular weight excluding hydrogens is 356 g/mol. The number of ether oxygens (including phenoxy) is 1. The predicted molar refractivity (Wildman–Crippen MR) is 104 cm³/mol. The van der Waals surface area contributed by atoms with Gasteiger partial charge in [0.1, 0.15) is 0 Å². The highest BCUT2D eigenvalue weighted by atomic mass is 35.5. The van der Waals surface area contributed by atoms with E-state index in [4.69, 9.17) is 16.3 Å². The van der Waals surface area contributed by atoms with Gasteiger partial charge in [-0.1, -0.05) is 23.7 Å². The molecule has 0 spiro atoms. The Morgan fingerprint density at radius 1 is 1.36 bits per heavy atom. The fourth-order valence-corrected chi connectivity index (χ4v) is 3.59. The van der Waals surface area contributed by atoms with Crippen LogP contribution in [0, 0.1) is 0 Å². The Bertz CT molecular complexity index is 753. The van der Waals surface area contributed by atoms with Gasteiger partial charge in [-0.05, 0) is 42.1 Å². The fraction of sp³-hybridized carbons (Fsp3) is 0.316. The molecule has 1 amide bonds. The molecule has 2 aromatic rings. The number of morpholine rings is 1. The Kier molecular flexibility index (Phi) is 6.26. The maximum Gasteiger partial charge on any atom is 0.251 e. The van der Waals surface area contributed by atoms with Crippen molar-refractivity contribution in [2.24, 2.45) is 0 Å². The molecule has 25 heavy (non-hydrogen) atoms. The van der Waals surface area contributed by atoms with E-state index < -0.39 is 0 Å². The van der Waals surface area contributed by atoms with Gasteiger partial charge in [-0.3, -0.25) is 9.69 Å². The molecule has 2 heterocycles. The summed E-state index contributed by atoms with van der Waals surface area (Å²) < 4.78 is 5.36. The average Bonchev–Trinajstić information content (AvgIpc) is 3.11. The lowest BCUT2D eigenvalue weighted by molar-refractivity contribution is -0.112. The molecule has 0 radical (unpaired) electrons. The first-order chi connectivity index (χ1) is 12.1. The van der Waals surface area contributed by atoms with Gasteiger partial charge in [-0.15, -0.1) is 11.3 Å². The Hall–Kier alpha value is -1.66. The monoisotopic (exact) mass is 376 g/mol. The number of hydrogen-bond acceptors (Lipinski definition) is 4. The van der Waals surface area contributed by atoms with Crippen LogP contribution < -0.4 is 5.32 Å². The van der Waals surface area contributed by atoms with E-state index in [2.05, 4.69) is 10.2 Å². The first-order valence-electron chi connectivity index (χ1n) is 8.23. The summed E-state index contributed by atoms with van der Waals surface area (Å²) in [6.45, 7) is 5.98. The van der Waals surface area contributed by atoms with E-state index in [1.807, 2.05) is 48.7 Å². The first-order valence-corrected chi connectivity index (χ1v) is 9.49. The molecule has 1 N–H and O–H groups in total. The van der Waals surface area contributed by atoms with Crippen molar-refractivity contribution in [1.82, 2.24) is 4.90 Å². The van der Waals surface area contributed by atoms with E-state index in [0.29, 0.717) is 16.3 Å². The number of carbonyl (C=O) groups is 1. The number of amides is 1. The van der Waals surface area contributed by atoms with Crippen molar-refractivity contribution in [3.05, 3.63) is 56.7 Å². The highest BCUT2D eigenvalue weighted by molar-refractivity contribution is 7.10. The van der Waals surface area contributed by atoms with E-state index in [1.165, 1.54) is 0 Å². The molecule has 1 aromatic carbocycles. The molecule has 1 aliphatic rings. The summed E-state index contributed by atoms with van der Waals surface area (Å²) in [6, 6.07) is 9.64. The summed E-state index contributed by atoms with van der Waals surface area (Å²) in [4.78, 5) is 15.7. The van der Waals surface area contributed by atoms with Gasteiger partial charge >= 0.3 is 0 Å². The van der Waals surface area contributed by atoms with Crippen LogP contribution in [0.1, 0.15) is 17.4 Å². The van der Waals surface area contributed by atoms with Crippen LogP contribution in [0.2, 0.25) is 5.02 Å². The van der Waals surface area contributed by atoms with Crippen LogP contribution in [0.25, 0.3) is 6.08 Å². The number of halogens is 1. The molecule has 6 heteroatoms. The maximum atomic E-state index is 12.3. The van der Waals surface area contributed by atoms with E-state index in [0.717, 1.165) is 43.3 Å². The van der Waals surface area contributed by atoms with Gasteiger partial charge in [-0.2, -0.15) is 0 Å². The van der Waals surface area contributed by atoms with Crippen molar-refractivity contribution in [1.29, 1.82) is 0 Å². The molecule has 0 atom stereocenters. The third-order valence-corrected chi connectivity index (χ3v) is 5.24. The standard InChI is InChI=1S/C19H21ClN2O2S/c1-14(11-17-3-2-10-25-17)19(23)21-16-5-4-15(18(20)12-16)13-22-6-8-24-9-7-22/h2-5,10-12H,6-9,13H2,1H3,(H,21,23)/b14-11+. The number of carbonyl (C=O) groups excluding carboxylic acids is 1. The highest BCUT2D eigenvalue weighted by Gasteiger charge is 2.13. The van der Waals surface area contributed by atoms with Gasteiger partial charge in [0.2, 0.25) is 0 Å². The number of nitrogens with zero attached hydrogens (tertiary/aromatic N) is 1. The number of benzene rings is 1. The third kappa shape index (κ3) is 5.16. The summed E-state index contributed by atoms with van der Waals surface area (Å²) in [5.41, 5.74) is 2.43. The molecule has 1 aromatic heterocycles. The van der Waals surface area contributed by atoms with Gasteiger partial charge in [0.15, 0.2) is 0 Å². The minimum absolute atomic E-state index is 0.120. The number of hydrogen-bond donors (Lipinski definition) is 1.